The quantitative estimate of drug-likeness (QED) is 0.604. The minimum Gasteiger partial charge on any atom is -0.396 e. The van der Waals surface area contributed by atoms with E-state index in [-0.39, 0.29) is 12.2 Å². The number of fused-ring (bicyclic) bond motifs is 1. The Bertz CT molecular complexity index is 1100. The predicted molar refractivity (Wildman–Crippen MR) is 102 cm³/mol. The molecule has 0 amide bonds. The number of rotatable bonds is 5. The Balaban J connectivity index is 1.70. The molecule has 0 aliphatic rings. The molecule has 5 nitrogen and oxygen atoms in total. The fourth-order valence-electron chi connectivity index (χ4n) is 3.10. The second-order valence-corrected chi connectivity index (χ2v) is 6.18. The first-order chi connectivity index (χ1) is 12.8. The average molecular weight is 345 g/mol. The Hall–Kier alpha value is -3.18. The molecule has 3 aromatic heterocycles. The van der Waals surface area contributed by atoms with Crippen molar-refractivity contribution in [2.45, 2.75) is 13.0 Å². The van der Waals surface area contributed by atoms with Crippen molar-refractivity contribution in [3.8, 4) is 22.4 Å². The second kappa shape index (κ2) is 6.98. The molecule has 0 aliphatic heterocycles. The van der Waals surface area contributed by atoms with Crippen molar-refractivity contribution in [3.05, 3.63) is 83.5 Å². The van der Waals surface area contributed by atoms with Crippen LogP contribution < -0.4 is 5.56 Å². The summed E-state index contributed by atoms with van der Waals surface area (Å²) in [6, 6.07) is 17.7. The molecule has 0 radical (unpaired) electrons. The van der Waals surface area contributed by atoms with Gasteiger partial charge in [-0.15, -0.1) is 0 Å². The van der Waals surface area contributed by atoms with E-state index in [0.29, 0.717) is 13.0 Å². The highest BCUT2D eigenvalue weighted by Gasteiger charge is 2.08. The summed E-state index contributed by atoms with van der Waals surface area (Å²) >= 11 is 0. The maximum absolute atomic E-state index is 12.2. The Kier molecular flexibility index (Phi) is 4.37. The van der Waals surface area contributed by atoms with Gasteiger partial charge in [-0.3, -0.25) is 9.20 Å². The summed E-state index contributed by atoms with van der Waals surface area (Å²) in [6.45, 7) is 0.601. The number of hydrogen-bond donors (Lipinski definition) is 1. The van der Waals surface area contributed by atoms with Gasteiger partial charge in [0.2, 0.25) is 0 Å². The molecule has 3 heterocycles. The molecule has 26 heavy (non-hydrogen) atoms. The zero-order valence-corrected chi connectivity index (χ0v) is 14.2. The molecule has 4 aromatic rings. The van der Waals surface area contributed by atoms with E-state index in [1.807, 2.05) is 53.2 Å². The Morgan fingerprint density at radius 3 is 2.46 bits per heavy atom. The molecular weight excluding hydrogens is 326 g/mol. The van der Waals surface area contributed by atoms with Crippen molar-refractivity contribution in [1.82, 2.24) is 14.0 Å². The van der Waals surface area contributed by atoms with Gasteiger partial charge in [-0.25, -0.2) is 4.98 Å². The van der Waals surface area contributed by atoms with Crippen molar-refractivity contribution in [2.75, 3.05) is 6.61 Å². The first-order valence-corrected chi connectivity index (χ1v) is 8.60. The van der Waals surface area contributed by atoms with Crippen LogP contribution in [-0.2, 0) is 6.54 Å². The number of aliphatic hydroxyl groups is 1. The van der Waals surface area contributed by atoms with Crippen LogP contribution in [0.2, 0.25) is 0 Å². The summed E-state index contributed by atoms with van der Waals surface area (Å²) in [5, 5.41) is 8.91. The lowest BCUT2D eigenvalue weighted by Gasteiger charge is -2.07. The van der Waals surface area contributed by atoms with Crippen LogP contribution in [0.15, 0.2) is 78.0 Å². The van der Waals surface area contributed by atoms with Crippen LogP contribution in [-0.4, -0.2) is 25.7 Å². The molecule has 0 bridgehead atoms. The number of aryl methyl sites for hydroxylation is 1. The highest BCUT2D eigenvalue weighted by molar-refractivity contribution is 5.70. The average Bonchev–Trinajstić information content (AvgIpc) is 3.11. The normalized spacial score (nSPS) is 11.1. The predicted octanol–water partition coefficient (Wildman–Crippen LogP) is 3.21. The molecule has 0 atom stereocenters. The number of aromatic nitrogens is 3. The van der Waals surface area contributed by atoms with Crippen LogP contribution in [0.25, 0.3) is 28.0 Å². The zero-order valence-electron chi connectivity index (χ0n) is 14.2. The third kappa shape index (κ3) is 3.05. The van der Waals surface area contributed by atoms with Crippen molar-refractivity contribution in [1.29, 1.82) is 0 Å². The highest BCUT2D eigenvalue weighted by Crippen LogP contribution is 2.24. The van der Waals surface area contributed by atoms with Crippen LogP contribution in [0.3, 0.4) is 0 Å². The maximum Gasteiger partial charge on any atom is 0.251 e. The molecule has 1 aromatic carbocycles. The van der Waals surface area contributed by atoms with Crippen LogP contribution in [0.5, 0.6) is 0 Å². The lowest BCUT2D eigenvalue weighted by Crippen LogP contribution is -2.19. The van der Waals surface area contributed by atoms with Gasteiger partial charge in [0.25, 0.3) is 5.56 Å². The number of hydrogen-bond acceptors (Lipinski definition) is 3. The van der Waals surface area contributed by atoms with E-state index >= 15 is 0 Å². The van der Waals surface area contributed by atoms with Gasteiger partial charge < -0.3 is 9.67 Å². The highest BCUT2D eigenvalue weighted by atomic mass is 16.3. The Morgan fingerprint density at radius 2 is 1.69 bits per heavy atom. The SMILES string of the molecule is O=c1cc(-c2ccn3c(-c4ccccc4)cnc3c2)ccn1CCCO. The summed E-state index contributed by atoms with van der Waals surface area (Å²) in [6.07, 6.45) is 6.19. The van der Waals surface area contributed by atoms with Crippen molar-refractivity contribution in [3.63, 3.8) is 0 Å². The summed E-state index contributed by atoms with van der Waals surface area (Å²) < 4.78 is 3.66. The molecule has 0 saturated heterocycles. The number of imidazole rings is 1. The molecule has 0 aliphatic carbocycles. The molecule has 0 saturated carbocycles. The molecule has 0 unspecified atom stereocenters. The van der Waals surface area contributed by atoms with E-state index in [2.05, 4.69) is 17.1 Å². The first-order valence-electron chi connectivity index (χ1n) is 8.60. The van der Waals surface area contributed by atoms with Gasteiger partial charge in [-0.05, 0) is 35.7 Å². The second-order valence-electron chi connectivity index (χ2n) is 6.18. The molecule has 4 rings (SSSR count). The van der Waals surface area contributed by atoms with Crippen molar-refractivity contribution >= 4 is 5.65 Å². The lowest BCUT2D eigenvalue weighted by atomic mass is 10.1. The zero-order chi connectivity index (χ0) is 17.9. The minimum atomic E-state index is -0.0656. The van der Waals surface area contributed by atoms with Gasteiger partial charge in [0.15, 0.2) is 0 Å². The third-order valence-electron chi connectivity index (χ3n) is 4.47. The van der Waals surface area contributed by atoms with Gasteiger partial charge in [-0.1, -0.05) is 30.3 Å². The van der Waals surface area contributed by atoms with E-state index in [1.54, 1.807) is 16.8 Å². The Morgan fingerprint density at radius 1 is 0.923 bits per heavy atom. The molecule has 5 heteroatoms. The van der Waals surface area contributed by atoms with Gasteiger partial charge in [0.05, 0.1) is 11.9 Å². The van der Waals surface area contributed by atoms with Crippen LogP contribution >= 0.6 is 0 Å². The third-order valence-corrected chi connectivity index (χ3v) is 4.47. The van der Waals surface area contributed by atoms with Gasteiger partial charge in [-0.2, -0.15) is 0 Å². The van der Waals surface area contributed by atoms with Crippen LogP contribution in [0, 0.1) is 0 Å². The van der Waals surface area contributed by atoms with E-state index in [1.165, 1.54) is 0 Å². The molecule has 0 fully saturated rings. The molecule has 1 N–H and O–H groups in total. The van der Waals surface area contributed by atoms with E-state index in [4.69, 9.17) is 5.11 Å². The summed E-state index contributed by atoms with van der Waals surface area (Å²) in [4.78, 5) is 16.7. The smallest absolute Gasteiger partial charge is 0.251 e. The fraction of sp³-hybridized carbons (Fsp3) is 0.143. The van der Waals surface area contributed by atoms with Crippen molar-refractivity contribution < 1.29 is 5.11 Å². The summed E-state index contributed by atoms with van der Waals surface area (Å²) in [5.41, 5.74) is 4.73. The summed E-state index contributed by atoms with van der Waals surface area (Å²) in [5.74, 6) is 0. The van der Waals surface area contributed by atoms with Gasteiger partial charge >= 0.3 is 0 Å². The minimum absolute atomic E-state index is 0.0656. The first kappa shape index (κ1) is 16.3. The maximum atomic E-state index is 12.2. The Labute approximate surface area is 150 Å². The fourth-order valence-corrected chi connectivity index (χ4v) is 3.10. The van der Waals surface area contributed by atoms with Gasteiger partial charge in [0, 0.05) is 37.2 Å². The number of nitrogens with zero attached hydrogens (tertiary/aromatic N) is 3. The lowest BCUT2D eigenvalue weighted by molar-refractivity contribution is 0.279. The number of pyridine rings is 2. The molecule has 0 spiro atoms. The van der Waals surface area contributed by atoms with Crippen LogP contribution in [0.1, 0.15) is 6.42 Å². The van der Waals surface area contributed by atoms with E-state index in [9.17, 15) is 4.79 Å². The van der Waals surface area contributed by atoms with Gasteiger partial charge in [0.1, 0.15) is 5.65 Å². The standard InChI is InChI=1S/C21H19N3O2/c25-12-4-9-23-10-7-18(14-21(23)26)17-8-11-24-19(15-22-20(24)13-17)16-5-2-1-3-6-16/h1-3,5-8,10-11,13-15,25H,4,9,12H2. The molecule has 130 valence electrons. The number of benzene rings is 1. The van der Waals surface area contributed by atoms with Crippen LogP contribution in [0.4, 0.5) is 0 Å². The van der Waals surface area contributed by atoms with E-state index < -0.39 is 0 Å². The summed E-state index contributed by atoms with van der Waals surface area (Å²) in [7, 11) is 0. The molecular formula is C21H19N3O2. The van der Waals surface area contributed by atoms with E-state index in [0.717, 1.165) is 28.0 Å². The largest absolute Gasteiger partial charge is 0.396 e. The topological polar surface area (TPSA) is 59.5 Å². The monoisotopic (exact) mass is 345 g/mol. The number of aliphatic hydroxyl groups excluding tert-OH is 1. The van der Waals surface area contributed by atoms with Crippen molar-refractivity contribution in [2.24, 2.45) is 0 Å².